The van der Waals surface area contributed by atoms with Crippen LogP contribution in [-0.2, 0) is 0 Å². The molecule has 0 radical (unpaired) electrons. The first-order valence-electron chi connectivity index (χ1n) is 14.8. The van der Waals surface area contributed by atoms with E-state index >= 15 is 0 Å². The summed E-state index contributed by atoms with van der Waals surface area (Å²) in [5, 5.41) is 11.0. The van der Waals surface area contributed by atoms with Crippen molar-refractivity contribution in [2.75, 3.05) is 65.3 Å². The van der Waals surface area contributed by atoms with E-state index in [-0.39, 0.29) is 12.2 Å². The molecule has 5 rings (SSSR count). The summed E-state index contributed by atoms with van der Waals surface area (Å²) in [6.45, 7) is 3.06. The van der Waals surface area contributed by atoms with E-state index in [2.05, 4.69) is 4.90 Å². The maximum Gasteiger partial charge on any atom is 0.408 e. The number of anilines is 2. The number of ether oxygens (including phenoxy) is 2. The Hall–Kier alpha value is -4.97. The minimum atomic E-state index is -0.937. The number of carboxylic acid groups (broad SMARTS) is 1. The van der Waals surface area contributed by atoms with E-state index in [9.17, 15) is 9.90 Å². The Balaban J connectivity index is 1.54. The van der Waals surface area contributed by atoms with Crippen LogP contribution in [-0.4, -0.2) is 109 Å². The molecule has 0 saturated carbocycles. The maximum atomic E-state index is 12.3. The molecule has 1 aliphatic heterocycles. The molecule has 12 heteroatoms. The van der Waals surface area contributed by atoms with E-state index in [4.69, 9.17) is 29.4 Å². The van der Waals surface area contributed by atoms with Gasteiger partial charge in [-0.2, -0.15) is 0 Å². The molecular weight excluding hydrogens is 572 g/mol. The number of hydrogen-bond acceptors (Lipinski definition) is 10. The van der Waals surface area contributed by atoms with Gasteiger partial charge < -0.3 is 24.4 Å². The number of rotatable bonds is 10. The van der Waals surface area contributed by atoms with E-state index in [1.54, 1.807) is 14.2 Å². The average Bonchev–Trinajstić information content (AvgIpc) is 3.52. The van der Waals surface area contributed by atoms with Crippen LogP contribution in [0.15, 0.2) is 48.5 Å². The molecule has 1 saturated heterocycles. The van der Waals surface area contributed by atoms with Crippen molar-refractivity contribution < 1.29 is 19.4 Å². The monoisotopic (exact) mass is 612 g/mol. The first-order valence-corrected chi connectivity index (χ1v) is 14.8. The highest BCUT2D eigenvalue weighted by Gasteiger charge is 2.35. The number of methoxy groups -OCH3 is 2. The molecule has 2 aromatic carbocycles. The topological polar surface area (TPSA) is 120 Å². The predicted octanol–water partition coefficient (Wildman–Crippen LogP) is 4.81. The maximum absolute atomic E-state index is 12.3. The second kappa shape index (κ2) is 13.3. The molecule has 0 aliphatic carbocycles. The Kier molecular flexibility index (Phi) is 9.33. The fourth-order valence-corrected chi connectivity index (χ4v) is 5.52. The predicted molar refractivity (Wildman–Crippen MR) is 177 cm³/mol. The van der Waals surface area contributed by atoms with Crippen molar-refractivity contribution in [1.82, 2.24) is 29.7 Å². The van der Waals surface area contributed by atoms with Gasteiger partial charge in [0, 0.05) is 44.2 Å². The SMILES string of the molecule is COc1ccc(-c2cc(N3CCC(N(C(=O)O)C(C)N(C)C)C3)nc(/C=C/c3nc(N(C)C)c4ccccc4n3)n2)cc1OC. The van der Waals surface area contributed by atoms with Crippen molar-refractivity contribution in [2.24, 2.45) is 0 Å². The van der Waals surface area contributed by atoms with Crippen molar-refractivity contribution in [1.29, 1.82) is 0 Å². The Morgan fingerprint density at radius 1 is 0.956 bits per heavy atom. The van der Waals surface area contributed by atoms with Crippen LogP contribution in [0.25, 0.3) is 34.3 Å². The van der Waals surface area contributed by atoms with Crippen molar-refractivity contribution in [2.45, 2.75) is 25.6 Å². The lowest BCUT2D eigenvalue weighted by Gasteiger charge is -2.35. The molecule has 0 bridgehead atoms. The molecule has 2 atom stereocenters. The van der Waals surface area contributed by atoms with E-state index in [1.165, 1.54) is 4.90 Å². The summed E-state index contributed by atoms with van der Waals surface area (Å²) in [6.07, 6.45) is 3.10. The van der Waals surface area contributed by atoms with Crippen LogP contribution in [0.1, 0.15) is 25.0 Å². The van der Waals surface area contributed by atoms with E-state index < -0.39 is 6.09 Å². The van der Waals surface area contributed by atoms with Crippen LogP contribution in [0, 0.1) is 0 Å². The third kappa shape index (κ3) is 6.75. The van der Waals surface area contributed by atoms with Gasteiger partial charge >= 0.3 is 6.09 Å². The fourth-order valence-electron chi connectivity index (χ4n) is 5.52. The standard InChI is InChI=1S/C33H40N8O4/c1-21(38(2)3)41(33(42)43)23-16-17-40(20-23)31-19-26(22-12-13-27(44-6)28(18-22)45-7)35-29(36-31)14-15-30-34-25-11-9-8-10-24(25)32(37-30)39(4)5/h8-15,18-19,21,23H,16-17,20H2,1-7H3,(H,42,43)/b15-14+. The number of amides is 1. The Morgan fingerprint density at radius 3 is 2.33 bits per heavy atom. The van der Waals surface area contributed by atoms with Gasteiger partial charge in [0.1, 0.15) is 11.6 Å². The molecule has 1 amide bonds. The number of fused-ring (bicyclic) bond motifs is 1. The molecule has 4 aromatic rings. The van der Waals surface area contributed by atoms with Crippen molar-refractivity contribution in [3.63, 3.8) is 0 Å². The largest absolute Gasteiger partial charge is 0.493 e. The van der Waals surface area contributed by atoms with E-state index in [0.717, 1.165) is 22.3 Å². The molecule has 0 spiro atoms. The molecule has 12 nitrogen and oxygen atoms in total. The molecule has 45 heavy (non-hydrogen) atoms. The van der Waals surface area contributed by atoms with Gasteiger partial charge in [-0.3, -0.25) is 9.80 Å². The van der Waals surface area contributed by atoms with Crippen LogP contribution in [0.4, 0.5) is 16.4 Å². The normalized spacial score (nSPS) is 15.6. The average molecular weight is 613 g/mol. The molecule has 1 aliphatic rings. The number of benzene rings is 2. The van der Waals surface area contributed by atoms with Crippen molar-refractivity contribution >= 4 is 40.8 Å². The lowest BCUT2D eigenvalue weighted by atomic mass is 10.1. The lowest BCUT2D eigenvalue weighted by Crippen LogP contribution is -2.52. The number of carbonyl (C=O) groups is 1. The summed E-state index contributed by atoms with van der Waals surface area (Å²) >= 11 is 0. The van der Waals surface area contributed by atoms with Gasteiger partial charge in [0.25, 0.3) is 0 Å². The third-order valence-corrected chi connectivity index (χ3v) is 8.07. The summed E-state index contributed by atoms with van der Waals surface area (Å²) in [6, 6.07) is 15.3. The first kappa shape index (κ1) is 31.5. The number of para-hydroxylation sites is 1. The van der Waals surface area contributed by atoms with Gasteiger partial charge in [0.2, 0.25) is 0 Å². The van der Waals surface area contributed by atoms with Gasteiger partial charge in [-0.1, -0.05) is 12.1 Å². The van der Waals surface area contributed by atoms with Crippen molar-refractivity contribution in [3.05, 3.63) is 60.2 Å². The zero-order valence-corrected chi connectivity index (χ0v) is 26.8. The summed E-state index contributed by atoms with van der Waals surface area (Å²) in [5.41, 5.74) is 2.36. The molecule has 1 fully saturated rings. The highest BCUT2D eigenvalue weighted by atomic mass is 16.5. The lowest BCUT2D eigenvalue weighted by molar-refractivity contribution is 0.0566. The van der Waals surface area contributed by atoms with Gasteiger partial charge in [-0.05, 0) is 69.9 Å². The van der Waals surface area contributed by atoms with Gasteiger partial charge in [0.05, 0.1) is 37.6 Å². The van der Waals surface area contributed by atoms with E-state index in [1.807, 2.05) is 106 Å². The smallest absolute Gasteiger partial charge is 0.408 e. The minimum absolute atomic E-state index is 0.186. The zero-order valence-electron chi connectivity index (χ0n) is 26.8. The summed E-state index contributed by atoms with van der Waals surface area (Å²) in [4.78, 5) is 39.1. The summed E-state index contributed by atoms with van der Waals surface area (Å²) in [5.74, 6) is 3.74. The quantitative estimate of drug-likeness (QED) is 0.249. The summed E-state index contributed by atoms with van der Waals surface area (Å²) < 4.78 is 11.0. The highest BCUT2D eigenvalue weighted by Crippen LogP contribution is 2.34. The fraction of sp³-hybridized carbons (Fsp3) is 0.364. The Labute approximate surface area is 263 Å². The van der Waals surface area contributed by atoms with Crippen LogP contribution in [0.2, 0.25) is 0 Å². The highest BCUT2D eigenvalue weighted by molar-refractivity contribution is 5.90. The zero-order chi connectivity index (χ0) is 32.2. The molecule has 2 aromatic heterocycles. The van der Waals surface area contributed by atoms with Gasteiger partial charge in [-0.25, -0.2) is 24.7 Å². The molecule has 3 heterocycles. The molecule has 236 valence electrons. The Morgan fingerprint density at radius 2 is 1.67 bits per heavy atom. The number of aromatic nitrogens is 4. The van der Waals surface area contributed by atoms with Crippen molar-refractivity contribution in [3.8, 4) is 22.8 Å². The van der Waals surface area contributed by atoms with Crippen LogP contribution < -0.4 is 19.3 Å². The first-order chi connectivity index (χ1) is 21.6. The second-order valence-corrected chi connectivity index (χ2v) is 11.4. The van der Waals surface area contributed by atoms with Gasteiger partial charge in [-0.15, -0.1) is 0 Å². The minimum Gasteiger partial charge on any atom is -0.493 e. The second-order valence-electron chi connectivity index (χ2n) is 11.4. The van der Waals surface area contributed by atoms with E-state index in [0.29, 0.717) is 54.2 Å². The molecule has 2 unspecified atom stereocenters. The Bertz CT molecular complexity index is 1710. The van der Waals surface area contributed by atoms with Gasteiger partial charge in [0.15, 0.2) is 23.1 Å². The summed E-state index contributed by atoms with van der Waals surface area (Å²) in [7, 11) is 10.9. The number of nitrogens with zero attached hydrogens (tertiary/aromatic N) is 8. The molecular formula is C33H40N8O4. The van der Waals surface area contributed by atoms with Crippen LogP contribution in [0.3, 0.4) is 0 Å². The third-order valence-electron chi connectivity index (χ3n) is 8.07. The molecule has 1 N–H and O–H groups in total. The van der Waals surface area contributed by atoms with Crippen LogP contribution >= 0.6 is 0 Å². The van der Waals surface area contributed by atoms with Crippen LogP contribution in [0.5, 0.6) is 11.5 Å². The number of hydrogen-bond donors (Lipinski definition) is 1.